The van der Waals surface area contributed by atoms with Crippen molar-refractivity contribution in [3.05, 3.63) is 95.7 Å². The molecule has 1 aliphatic rings. The van der Waals surface area contributed by atoms with Crippen LogP contribution >= 0.6 is 0 Å². The van der Waals surface area contributed by atoms with Gasteiger partial charge in [0.25, 0.3) is 0 Å². The Kier molecular flexibility index (Phi) is 4.90. The molecule has 4 heteroatoms. The number of hydrogen-bond donors (Lipinski definition) is 1. The Labute approximate surface area is 190 Å². The normalized spacial score (nSPS) is 18.5. The van der Waals surface area contributed by atoms with Crippen molar-refractivity contribution in [3.63, 3.8) is 0 Å². The predicted molar refractivity (Wildman–Crippen MR) is 121 cm³/mol. The molecule has 160 valence electrons. The van der Waals surface area contributed by atoms with Crippen LogP contribution in [-0.2, 0) is 5.60 Å². The zero-order chi connectivity index (χ0) is 26.0. The molecule has 0 radical (unpaired) electrons. The lowest BCUT2D eigenvalue weighted by atomic mass is 9.83. The van der Waals surface area contributed by atoms with Gasteiger partial charge < -0.3 is 10.0 Å². The van der Waals surface area contributed by atoms with Crippen LogP contribution in [0.5, 0.6) is 0 Å². The predicted octanol–water partition coefficient (Wildman–Crippen LogP) is 5.44. The van der Waals surface area contributed by atoms with Gasteiger partial charge in [-0.15, -0.1) is 0 Å². The maximum Gasteiger partial charge on any atom is 0.162 e. The molecule has 0 atom stereocenters. The van der Waals surface area contributed by atoms with Gasteiger partial charge in [0.2, 0.25) is 0 Å². The van der Waals surface area contributed by atoms with Gasteiger partial charge in [-0.2, -0.15) is 0 Å². The molecular weight excluding hydrogens is 389 g/mol. The first-order valence-electron chi connectivity index (χ1n) is 13.0. The molecule has 1 aliphatic heterocycles. The summed E-state index contributed by atoms with van der Waals surface area (Å²) < 4.78 is 52.9. The van der Waals surface area contributed by atoms with E-state index in [9.17, 15) is 14.3 Å². The highest BCUT2D eigenvalue weighted by Gasteiger charge is 2.33. The third kappa shape index (κ3) is 5.27. The van der Waals surface area contributed by atoms with Crippen molar-refractivity contribution < 1.29 is 21.1 Å². The minimum atomic E-state index is -1.02. The number of aliphatic hydroxyl groups is 1. The van der Waals surface area contributed by atoms with E-state index < -0.39 is 11.6 Å². The smallest absolute Gasteiger partial charge is 0.162 e. The van der Waals surface area contributed by atoms with Gasteiger partial charge in [0.1, 0.15) is 5.82 Å². The first-order valence-corrected chi connectivity index (χ1v) is 10.5. The fourth-order valence-corrected chi connectivity index (χ4v) is 4.02. The molecule has 0 aromatic heterocycles. The number of ketones is 1. The second-order valence-electron chi connectivity index (χ2n) is 7.98. The highest BCUT2D eigenvalue weighted by Crippen LogP contribution is 2.34. The monoisotopic (exact) mass is 422 g/mol. The largest absolute Gasteiger partial charge is 0.385 e. The summed E-state index contributed by atoms with van der Waals surface area (Å²) in [6.45, 7) is 2.08. The number of rotatable bonds is 7. The Morgan fingerprint density at radius 1 is 0.968 bits per heavy atom. The van der Waals surface area contributed by atoms with Crippen LogP contribution in [0.3, 0.4) is 0 Å². The molecule has 4 rings (SSSR count). The Morgan fingerprint density at radius 3 is 2.26 bits per heavy atom. The topological polar surface area (TPSA) is 40.5 Å². The van der Waals surface area contributed by atoms with E-state index in [2.05, 4.69) is 4.90 Å². The Bertz CT molecular complexity index is 1230. The van der Waals surface area contributed by atoms with Crippen molar-refractivity contribution in [2.75, 3.05) is 19.6 Å². The number of halogens is 1. The molecule has 3 nitrogen and oxygen atoms in total. The Morgan fingerprint density at radius 2 is 1.61 bits per heavy atom. The maximum atomic E-state index is 13.0. The van der Waals surface area contributed by atoms with E-state index in [0.717, 1.165) is 12.1 Å². The summed E-state index contributed by atoms with van der Waals surface area (Å²) in [5.74, 6) is -0.376. The molecule has 3 aromatic rings. The average Bonchev–Trinajstić information content (AvgIpc) is 2.88. The molecule has 3 aromatic carbocycles. The number of benzene rings is 3. The van der Waals surface area contributed by atoms with Crippen LogP contribution in [0, 0.1) is 5.82 Å². The van der Waals surface area contributed by atoms with Gasteiger partial charge >= 0.3 is 0 Å². The van der Waals surface area contributed by atoms with Crippen LogP contribution in [-0.4, -0.2) is 35.4 Å². The minimum Gasteiger partial charge on any atom is -0.385 e. The van der Waals surface area contributed by atoms with Crippen LogP contribution in [0.25, 0.3) is 11.1 Å². The summed E-state index contributed by atoms with van der Waals surface area (Å²) in [5, 5.41) is 11.3. The molecule has 0 amide bonds. The number of nitrogens with zero attached hydrogens (tertiary/aromatic N) is 1. The summed E-state index contributed by atoms with van der Waals surface area (Å²) in [6, 6.07) is 10.8. The van der Waals surface area contributed by atoms with E-state index in [-0.39, 0.29) is 41.3 Å². The van der Waals surface area contributed by atoms with Crippen molar-refractivity contribution in [3.8, 4) is 11.1 Å². The van der Waals surface area contributed by atoms with Gasteiger partial charge in [-0.25, -0.2) is 4.39 Å². The SMILES string of the molecule is [2H]c1c([2H])c([2H])c(-c2ccc(C3(O)CCN(CCCC(=O)c4ccc(F)cc4)CC3)cc2)c([2H])c1[2H]. The summed E-state index contributed by atoms with van der Waals surface area (Å²) >= 11 is 0. The van der Waals surface area contributed by atoms with E-state index in [1.807, 2.05) is 0 Å². The molecular formula is C27H28FNO2. The second kappa shape index (κ2) is 9.54. The van der Waals surface area contributed by atoms with Crippen molar-refractivity contribution in [2.45, 2.75) is 31.3 Å². The number of carbonyl (C=O) groups excluding carboxylic acids is 1. The highest BCUT2D eigenvalue weighted by molar-refractivity contribution is 5.95. The molecule has 0 bridgehead atoms. The highest BCUT2D eigenvalue weighted by atomic mass is 19.1. The molecule has 1 heterocycles. The van der Waals surface area contributed by atoms with E-state index in [1.165, 1.54) is 24.3 Å². The lowest BCUT2D eigenvalue weighted by Crippen LogP contribution is -2.42. The quantitative estimate of drug-likeness (QED) is 0.516. The number of carbonyl (C=O) groups is 1. The van der Waals surface area contributed by atoms with E-state index in [1.54, 1.807) is 24.3 Å². The van der Waals surface area contributed by atoms with Crippen LogP contribution in [0.1, 0.15) is 48.5 Å². The van der Waals surface area contributed by atoms with Crippen LogP contribution < -0.4 is 0 Å². The standard InChI is InChI=1S/C27H28FNO2/c28-25-14-10-23(11-15-25)26(30)7-4-18-29-19-16-27(31,17-20-29)24-12-8-22(9-13-24)21-5-2-1-3-6-21/h1-3,5-6,8-15,31H,4,7,16-20H2/i1D,2D,3D,5D,6D. The van der Waals surface area contributed by atoms with Crippen LogP contribution in [0.2, 0.25) is 0 Å². The van der Waals surface area contributed by atoms with Gasteiger partial charge in [-0.1, -0.05) is 54.5 Å². The van der Waals surface area contributed by atoms with Crippen LogP contribution in [0.15, 0.2) is 78.7 Å². The Hall–Kier alpha value is -2.82. The first kappa shape index (κ1) is 15.9. The maximum absolute atomic E-state index is 13.0. The van der Waals surface area contributed by atoms with Crippen molar-refractivity contribution in [2.24, 2.45) is 0 Å². The molecule has 0 saturated carbocycles. The zero-order valence-electron chi connectivity index (χ0n) is 22.2. The summed E-state index contributed by atoms with van der Waals surface area (Å²) in [7, 11) is 0. The average molecular weight is 423 g/mol. The van der Waals surface area contributed by atoms with Gasteiger partial charge in [0.05, 0.1) is 12.5 Å². The molecule has 0 aliphatic carbocycles. The van der Waals surface area contributed by atoms with Crippen LogP contribution in [0.4, 0.5) is 4.39 Å². The molecule has 1 N–H and O–H groups in total. The lowest BCUT2D eigenvalue weighted by molar-refractivity contribution is -0.0260. The molecule has 1 saturated heterocycles. The van der Waals surface area contributed by atoms with E-state index in [4.69, 9.17) is 6.85 Å². The third-order valence-electron chi connectivity index (χ3n) is 5.94. The summed E-state index contributed by atoms with van der Waals surface area (Å²) in [5.41, 5.74) is 0.868. The van der Waals surface area contributed by atoms with Gasteiger partial charge in [0, 0.05) is 25.1 Å². The minimum absolute atomic E-state index is 0.0114. The van der Waals surface area contributed by atoms with E-state index in [0.29, 0.717) is 49.9 Å². The summed E-state index contributed by atoms with van der Waals surface area (Å²) in [6.07, 6.45) is 2.10. The molecule has 0 spiro atoms. The number of Topliss-reactive ketones (excluding diaryl/α,β-unsaturated/α-hetero) is 1. The number of likely N-dealkylation sites (tertiary alicyclic amines) is 1. The molecule has 1 fully saturated rings. The van der Waals surface area contributed by atoms with Crippen molar-refractivity contribution >= 4 is 5.78 Å². The van der Waals surface area contributed by atoms with Crippen molar-refractivity contribution in [1.29, 1.82) is 0 Å². The fourth-order valence-electron chi connectivity index (χ4n) is 4.02. The van der Waals surface area contributed by atoms with Crippen molar-refractivity contribution in [1.82, 2.24) is 4.90 Å². The zero-order valence-corrected chi connectivity index (χ0v) is 17.2. The van der Waals surface area contributed by atoms with Gasteiger partial charge in [-0.05, 0) is 66.8 Å². The lowest BCUT2D eigenvalue weighted by Gasteiger charge is -2.38. The first-order chi connectivity index (χ1) is 17.1. The summed E-state index contributed by atoms with van der Waals surface area (Å²) in [4.78, 5) is 14.5. The second-order valence-corrected chi connectivity index (χ2v) is 7.98. The molecule has 31 heavy (non-hydrogen) atoms. The van der Waals surface area contributed by atoms with Gasteiger partial charge in [0.15, 0.2) is 5.78 Å². The number of hydrogen-bond acceptors (Lipinski definition) is 3. The Balaban J connectivity index is 1.35. The number of piperidine rings is 1. The fraction of sp³-hybridized carbons (Fsp3) is 0.296. The van der Waals surface area contributed by atoms with E-state index >= 15 is 0 Å². The third-order valence-corrected chi connectivity index (χ3v) is 5.94. The molecule has 0 unspecified atom stereocenters. The van der Waals surface area contributed by atoms with Gasteiger partial charge in [-0.3, -0.25) is 4.79 Å².